The van der Waals surface area contributed by atoms with Crippen LogP contribution in [0, 0.1) is 13.8 Å². The maximum atomic E-state index is 12.7. The summed E-state index contributed by atoms with van der Waals surface area (Å²) in [5.41, 5.74) is 7.79. The Morgan fingerprint density at radius 3 is 2.64 bits per heavy atom. The Morgan fingerprint density at radius 2 is 1.96 bits per heavy atom. The van der Waals surface area contributed by atoms with Crippen LogP contribution in [0.25, 0.3) is 0 Å². The second-order valence-electron chi connectivity index (χ2n) is 6.00. The van der Waals surface area contributed by atoms with Gasteiger partial charge in [-0.2, -0.15) is 5.10 Å². The molecule has 7 nitrogen and oxygen atoms in total. The lowest BCUT2D eigenvalue weighted by Gasteiger charge is -2.04. The minimum Gasteiger partial charge on any atom is -0.369 e. The Kier molecular flexibility index (Phi) is 6.38. The molecule has 3 N–H and O–H groups in total. The fourth-order valence-electron chi connectivity index (χ4n) is 2.54. The van der Waals surface area contributed by atoms with Gasteiger partial charge in [0.15, 0.2) is 5.13 Å². The number of hydrogen-bond donors (Lipinski definition) is 2. The van der Waals surface area contributed by atoms with Gasteiger partial charge in [0.25, 0.3) is 5.91 Å². The summed E-state index contributed by atoms with van der Waals surface area (Å²) in [6.07, 6.45) is 0. The minimum atomic E-state index is -0.406. The minimum absolute atomic E-state index is 0.160. The van der Waals surface area contributed by atoms with Crippen LogP contribution in [0.3, 0.4) is 0 Å². The van der Waals surface area contributed by atoms with Crippen LogP contribution in [0.2, 0.25) is 5.15 Å². The lowest BCUT2D eigenvalue weighted by atomic mass is 10.2. The molecule has 2 amide bonds. The first kappa shape index (κ1) is 20.4. The van der Waals surface area contributed by atoms with Crippen molar-refractivity contribution in [3.63, 3.8) is 0 Å². The Balaban J connectivity index is 1.76. The van der Waals surface area contributed by atoms with Gasteiger partial charge in [-0.1, -0.05) is 53.3 Å². The van der Waals surface area contributed by atoms with Gasteiger partial charge < -0.3 is 5.73 Å². The normalized spacial score (nSPS) is 10.8. The molecule has 1 aromatic carbocycles. The number of carbonyl (C=O) groups excluding carboxylic acids is 2. The number of benzene rings is 1. The van der Waals surface area contributed by atoms with Gasteiger partial charge in [0.1, 0.15) is 5.15 Å². The van der Waals surface area contributed by atoms with E-state index in [0.29, 0.717) is 22.9 Å². The maximum absolute atomic E-state index is 12.7. The van der Waals surface area contributed by atoms with Crippen LogP contribution in [0.15, 0.2) is 34.5 Å². The first-order valence-corrected chi connectivity index (χ1v) is 10.5. The predicted octanol–water partition coefficient (Wildman–Crippen LogP) is 3.49. The molecule has 0 unspecified atom stereocenters. The summed E-state index contributed by atoms with van der Waals surface area (Å²) in [7, 11) is 0. The first-order valence-electron chi connectivity index (χ1n) is 8.32. The number of hydrogen-bond acceptors (Lipinski definition) is 6. The third-order valence-corrected chi connectivity index (χ3v) is 6.63. The number of rotatable bonds is 7. The molecule has 2 aromatic heterocycles. The van der Waals surface area contributed by atoms with E-state index < -0.39 is 5.91 Å². The number of anilines is 1. The average molecular weight is 436 g/mol. The predicted molar refractivity (Wildman–Crippen MR) is 112 cm³/mol. The number of nitrogens with two attached hydrogens (primary N) is 1. The molecule has 0 atom stereocenters. The van der Waals surface area contributed by atoms with Crippen LogP contribution in [0.1, 0.15) is 27.3 Å². The van der Waals surface area contributed by atoms with Crippen LogP contribution >= 0.6 is 34.7 Å². The average Bonchev–Trinajstić information content (AvgIpc) is 3.12. The molecule has 3 rings (SSSR count). The fourth-order valence-corrected chi connectivity index (χ4v) is 4.73. The summed E-state index contributed by atoms with van der Waals surface area (Å²) in [5.74, 6) is -0.619. The van der Waals surface area contributed by atoms with E-state index in [1.54, 1.807) is 11.6 Å². The van der Waals surface area contributed by atoms with Crippen LogP contribution in [0.4, 0.5) is 5.13 Å². The second kappa shape index (κ2) is 8.76. The number of nitrogens with one attached hydrogen (secondary N) is 1. The number of carbonyl (C=O) groups is 2. The molecule has 3 aromatic rings. The topological polar surface area (TPSA) is 103 Å². The van der Waals surface area contributed by atoms with Crippen molar-refractivity contribution in [2.45, 2.75) is 24.6 Å². The summed E-state index contributed by atoms with van der Waals surface area (Å²) in [6.45, 7) is 4.02. The summed E-state index contributed by atoms with van der Waals surface area (Å²) in [5, 5.41) is 7.86. The monoisotopic (exact) mass is 435 g/mol. The lowest BCUT2D eigenvalue weighted by Crippen LogP contribution is -2.13. The lowest BCUT2D eigenvalue weighted by molar-refractivity contribution is -0.115. The molecular formula is C18H18ClN5O2S2. The molecule has 0 radical (unpaired) electrons. The Hall–Kier alpha value is -2.36. The van der Waals surface area contributed by atoms with Crippen molar-refractivity contribution in [1.82, 2.24) is 14.8 Å². The number of halogens is 1. The van der Waals surface area contributed by atoms with E-state index >= 15 is 0 Å². The number of aryl methyl sites for hydroxylation is 2. The maximum Gasteiger partial charge on any atom is 0.262 e. The van der Waals surface area contributed by atoms with Crippen molar-refractivity contribution in [3.8, 4) is 0 Å². The van der Waals surface area contributed by atoms with Gasteiger partial charge in [0.05, 0.1) is 33.5 Å². The van der Waals surface area contributed by atoms with Gasteiger partial charge >= 0.3 is 0 Å². The Morgan fingerprint density at radius 1 is 1.25 bits per heavy atom. The Labute approximate surface area is 175 Å². The molecule has 0 saturated heterocycles. The summed E-state index contributed by atoms with van der Waals surface area (Å²) >= 11 is 9.01. The molecule has 0 aliphatic rings. The number of thioether (sulfide) groups is 1. The molecule has 0 fully saturated rings. The van der Waals surface area contributed by atoms with Crippen molar-refractivity contribution < 1.29 is 9.59 Å². The van der Waals surface area contributed by atoms with Gasteiger partial charge in [-0.05, 0) is 19.4 Å². The van der Waals surface area contributed by atoms with Gasteiger partial charge in [-0.3, -0.25) is 14.9 Å². The van der Waals surface area contributed by atoms with Crippen LogP contribution in [0.5, 0.6) is 0 Å². The van der Waals surface area contributed by atoms with E-state index in [2.05, 4.69) is 15.4 Å². The summed E-state index contributed by atoms with van der Waals surface area (Å²) < 4.78 is 2.43. The molecule has 2 heterocycles. The van der Waals surface area contributed by atoms with E-state index in [1.165, 1.54) is 23.1 Å². The van der Waals surface area contributed by atoms with E-state index in [0.717, 1.165) is 15.5 Å². The van der Waals surface area contributed by atoms with Crippen molar-refractivity contribution in [3.05, 3.63) is 58.0 Å². The molecule has 0 aliphatic carbocycles. The molecule has 28 heavy (non-hydrogen) atoms. The van der Waals surface area contributed by atoms with Crippen molar-refractivity contribution >= 4 is 51.6 Å². The highest BCUT2D eigenvalue weighted by molar-refractivity contribution is 8.01. The van der Waals surface area contributed by atoms with Gasteiger partial charge in [-0.25, -0.2) is 9.67 Å². The van der Waals surface area contributed by atoms with Gasteiger partial charge in [0.2, 0.25) is 5.91 Å². The highest BCUT2D eigenvalue weighted by Crippen LogP contribution is 2.32. The van der Waals surface area contributed by atoms with E-state index in [-0.39, 0.29) is 16.8 Å². The van der Waals surface area contributed by atoms with Gasteiger partial charge in [-0.15, -0.1) is 11.8 Å². The number of nitrogens with zero attached hydrogens (tertiary/aromatic N) is 3. The highest BCUT2D eigenvalue weighted by atomic mass is 35.5. The first-order chi connectivity index (χ1) is 13.3. The van der Waals surface area contributed by atoms with Crippen LogP contribution < -0.4 is 11.1 Å². The molecule has 0 aliphatic heterocycles. The van der Waals surface area contributed by atoms with E-state index in [1.807, 2.05) is 37.3 Å². The zero-order chi connectivity index (χ0) is 20.3. The molecule has 0 saturated carbocycles. The molecule has 0 spiro atoms. The zero-order valence-electron chi connectivity index (χ0n) is 15.2. The molecule has 10 heteroatoms. The van der Waals surface area contributed by atoms with Gasteiger partial charge in [0, 0.05) is 0 Å². The smallest absolute Gasteiger partial charge is 0.262 e. The van der Waals surface area contributed by atoms with Crippen LogP contribution in [-0.4, -0.2) is 32.3 Å². The summed E-state index contributed by atoms with van der Waals surface area (Å²) in [4.78, 5) is 28.0. The number of amides is 2. The van der Waals surface area contributed by atoms with E-state index in [9.17, 15) is 9.59 Å². The quantitative estimate of drug-likeness (QED) is 0.553. The largest absolute Gasteiger partial charge is 0.369 e. The Bertz CT molecular complexity index is 1020. The zero-order valence-corrected chi connectivity index (χ0v) is 17.6. The molecular weight excluding hydrogens is 418 g/mol. The number of aromatic nitrogens is 3. The fraction of sp³-hybridized carbons (Fsp3) is 0.222. The standard InChI is InChI=1S/C18H18ClN5O2S2/c1-10-14(15(19)24(23-10)8-12-6-4-3-5-7-12)16(26)22-18-21-11(2)17(28-18)27-9-13(20)25/h3-7H,8-9H2,1-2H3,(H2,20,25)(H,21,22,26). The van der Waals surface area contributed by atoms with Crippen molar-refractivity contribution in [2.24, 2.45) is 5.73 Å². The van der Waals surface area contributed by atoms with Crippen molar-refractivity contribution in [2.75, 3.05) is 11.1 Å². The summed E-state index contributed by atoms with van der Waals surface area (Å²) in [6, 6.07) is 9.75. The number of thiazole rings is 1. The van der Waals surface area contributed by atoms with Crippen molar-refractivity contribution in [1.29, 1.82) is 0 Å². The third-order valence-electron chi connectivity index (χ3n) is 3.79. The SMILES string of the molecule is Cc1nc(NC(=O)c2c(C)nn(Cc3ccccc3)c2Cl)sc1SCC(N)=O. The second-order valence-corrected chi connectivity index (χ2v) is 8.60. The van der Waals surface area contributed by atoms with Crippen LogP contribution in [-0.2, 0) is 11.3 Å². The van der Waals surface area contributed by atoms with E-state index in [4.69, 9.17) is 17.3 Å². The molecule has 0 bridgehead atoms. The third kappa shape index (κ3) is 4.73. The molecule has 146 valence electrons. The number of primary amides is 1. The highest BCUT2D eigenvalue weighted by Gasteiger charge is 2.22.